The van der Waals surface area contributed by atoms with E-state index in [-0.39, 0.29) is 5.91 Å². The molecule has 0 fully saturated rings. The SMILES string of the molecule is COc1ccc(CN(C(=O)c2oc3c(C)c(C)ccc3c2C)c2ccccn2)cc1OC. The van der Waals surface area contributed by atoms with Crippen LogP contribution in [0.5, 0.6) is 11.5 Å². The second kappa shape index (κ2) is 8.75. The van der Waals surface area contributed by atoms with Crippen molar-refractivity contribution in [3.63, 3.8) is 0 Å². The van der Waals surface area contributed by atoms with Crippen LogP contribution in [0.15, 0.2) is 59.1 Å². The number of methoxy groups -OCH3 is 2. The molecule has 6 nitrogen and oxygen atoms in total. The van der Waals surface area contributed by atoms with Crippen LogP contribution in [0, 0.1) is 20.8 Å². The lowest BCUT2D eigenvalue weighted by Crippen LogP contribution is -2.31. The van der Waals surface area contributed by atoms with E-state index in [1.165, 1.54) is 0 Å². The smallest absolute Gasteiger partial charge is 0.295 e. The number of furan rings is 1. The van der Waals surface area contributed by atoms with Crippen molar-refractivity contribution in [2.24, 2.45) is 0 Å². The second-order valence-corrected chi connectivity index (χ2v) is 7.71. The summed E-state index contributed by atoms with van der Waals surface area (Å²) < 4.78 is 16.9. The molecule has 0 N–H and O–H groups in total. The van der Waals surface area contributed by atoms with E-state index in [2.05, 4.69) is 11.1 Å². The van der Waals surface area contributed by atoms with Crippen molar-refractivity contribution >= 4 is 22.7 Å². The molecule has 32 heavy (non-hydrogen) atoms. The maximum Gasteiger partial charge on any atom is 0.295 e. The Morgan fingerprint density at radius 2 is 1.75 bits per heavy atom. The Morgan fingerprint density at radius 1 is 0.969 bits per heavy atom. The van der Waals surface area contributed by atoms with Gasteiger partial charge in [0.2, 0.25) is 0 Å². The lowest BCUT2D eigenvalue weighted by molar-refractivity contribution is 0.0959. The number of hydrogen-bond donors (Lipinski definition) is 0. The van der Waals surface area contributed by atoms with Crippen LogP contribution < -0.4 is 14.4 Å². The minimum Gasteiger partial charge on any atom is -0.493 e. The number of anilines is 1. The lowest BCUT2D eigenvalue weighted by atomic mass is 10.0. The Labute approximate surface area is 187 Å². The van der Waals surface area contributed by atoms with Gasteiger partial charge in [0.1, 0.15) is 11.4 Å². The summed E-state index contributed by atoms with van der Waals surface area (Å²) in [4.78, 5) is 19.8. The predicted molar refractivity (Wildman–Crippen MR) is 125 cm³/mol. The maximum absolute atomic E-state index is 13.8. The van der Waals surface area contributed by atoms with Crippen molar-refractivity contribution in [1.82, 2.24) is 4.98 Å². The number of benzene rings is 2. The molecule has 0 bridgehead atoms. The quantitative estimate of drug-likeness (QED) is 0.397. The van der Waals surface area contributed by atoms with Crippen LogP contribution in [-0.2, 0) is 6.54 Å². The zero-order valence-corrected chi connectivity index (χ0v) is 18.9. The molecule has 0 unspecified atom stereocenters. The largest absolute Gasteiger partial charge is 0.493 e. The second-order valence-electron chi connectivity index (χ2n) is 7.71. The summed E-state index contributed by atoms with van der Waals surface area (Å²) in [5.41, 5.74) is 4.60. The molecule has 1 amide bonds. The highest BCUT2D eigenvalue weighted by molar-refractivity contribution is 6.07. The van der Waals surface area contributed by atoms with Gasteiger partial charge in [0, 0.05) is 17.1 Å². The molecule has 0 radical (unpaired) electrons. The van der Waals surface area contributed by atoms with Crippen LogP contribution in [0.25, 0.3) is 11.0 Å². The molecule has 164 valence electrons. The number of carbonyl (C=O) groups excluding carboxylic acids is 1. The van der Waals surface area contributed by atoms with Crippen molar-refractivity contribution in [2.45, 2.75) is 27.3 Å². The number of nitrogens with zero attached hydrogens (tertiary/aromatic N) is 2. The number of aromatic nitrogens is 1. The molecule has 0 saturated heterocycles. The number of pyridine rings is 1. The van der Waals surface area contributed by atoms with Crippen molar-refractivity contribution < 1.29 is 18.7 Å². The van der Waals surface area contributed by atoms with Crippen LogP contribution in [0.2, 0.25) is 0 Å². The van der Waals surface area contributed by atoms with Gasteiger partial charge in [-0.2, -0.15) is 0 Å². The Balaban J connectivity index is 1.78. The Bertz CT molecular complexity index is 1280. The molecule has 0 aliphatic carbocycles. The highest BCUT2D eigenvalue weighted by atomic mass is 16.5. The summed E-state index contributed by atoms with van der Waals surface area (Å²) in [5, 5.41) is 0.948. The average Bonchev–Trinajstić information content (AvgIpc) is 3.16. The number of carbonyl (C=O) groups is 1. The van der Waals surface area contributed by atoms with Gasteiger partial charge >= 0.3 is 0 Å². The topological polar surface area (TPSA) is 64.8 Å². The fraction of sp³-hybridized carbons (Fsp3) is 0.231. The monoisotopic (exact) mass is 430 g/mol. The number of rotatable bonds is 6. The van der Waals surface area contributed by atoms with E-state index < -0.39 is 0 Å². The third-order valence-corrected chi connectivity index (χ3v) is 5.78. The summed E-state index contributed by atoms with van der Waals surface area (Å²) in [6.07, 6.45) is 1.67. The van der Waals surface area contributed by atoms with E-state index in [0.29, 0.717) is 29.6 Å². The zero-order valence-electron chi connectivity index (χ0n) is 18.9. The zero-order chi connectivity index (χ0) is 22.8. The number of ether oxygens (including phenoxy) is 2. The molecule has 4 aromatic rings. The normalized spacial score (nSPS) is 10.9. The fourth-order valence-electron chi connectivity index (χ4n) is 3.78. The first-order valence-corrected chi connectivity index (χ1v) is 10.4. The molecule has 2 heterocycles. The van der Waals surface area contributed by atoms with Crippen LogP contribution in [0.1, 0.15) is 32.8 Å². The summed E-state index contributed by atoms with van der Waals surface area (Å²) in [5.74, 6) is 1.85. The van der Waals surface area contributed by atoms with Crippen LogP contribution in [0.4, 0.5) is 5.82 Å². The molecular formula is C26H26N2O4. The van der Waals surface area contributed by atoms with Gasteiger partial charge in [-0.15, -0.1) is 0 Å². The van der Waals surface area contributed by atoms with Gasteiger partial charge in [-0.05, 0) is 61.7 Å². The minimum absolute atomic E-state index is 0.246. The average molecular weight is 431 g/mol. The van der Waals surface area contributed by atoms with E-state index in [9.17, 15) is 4.79 Å². The van der Waals surface area contributed by atoms with E-state index >= 15 is 0 Å². The molecule has 2 aromatic heterocycles. The third-order valence-electron chi connectivity index (χ3n) is 5.78. The number of aryl methyl sites for hydroxylation is 3. The van der Waals surface area contributed by atoms with Gasteiger partial charge < -0.3 is 13.9 Å². The molecule has 2 aromatic carbocycles. The van der Waals surface area contributed by atoms with Crippen LogP contribution >= 0.6 is 0 Å². The first kappa shape index (κ1) is 21.4. The molecule has 0 atom stereocenters. The lowest BCUT2D eigenvalue weighted by Gasteiger charge is -2.21. The van der Waals surface area contributed by atoms with Gasteiger partial charge in [0.15, 0.2) is 17.3 Å². The van der Waals surface area contributed by atoms with Crippen LogP contribution in [-0.4, -0.2) is 25.1 Å². The number of hydrogen-bond acceptors (Lipinski definition) is 5. The predicted octanol–water partition coefficient (Wildman–Crippen LogP) is 5.62. The first-order valence-electron chi connectivity index (χ1n) is 10.4. The molecule has 6 heteroatoms. The number of fused-ring (bicyclic) bond motifs is 1. The Hall–Kier alpha value is -3.80. The highest BCUT2D eigenvalue weighted by Crippen LogP contribution is 2.32. The molecule has 0 aliphatic rings. The van der Waals surface area contributed by atoms with E-state index in [1.807, 2.05) is 63.2 Å². The van der Waals surface area contributed by atoms with Gasteiger partial charge in [-0.3, -0.25) is 9.69 Å². The van der Waals surface area contributed by atoms with Crippen molar-refractivity contribution in [3.8, 4) is 11.5 Å². The van der Waals surface area contributed by atoms with Crippen LogP contribution in [0.3, 0.4) is 0 Å². The maximum atomic E-state index is 13.8. The summed E-state index contributed by atoms with van der Waals surface area (Å²) >= 11 is 0. The van der Waals surface area contributed by atoms with E-state index in [0.717, 1.165) is 33.2 Å². The molecule has 4 rings (SSSR count). The van der Waals surface area contributed by atoms with E-state index in [4.69, 9.17) is 13.9 Å². The van der Waals surface area contributed by atoms with E-state index in [1.54, 1.807) is 25.3 Å². The summed E-state index contributed by atoms with van der Waals surface area (Å²) in [7, 11) is 3.18. The Kier molecular flexibility index (Phi) is 5.86. The van der Waals surface area contributed by atoms with Gasteiger partial charge in [0.25, 0.3) is 5.91 Å². The third kappa shape index (κ3) is 3.80. The summed E-state index contributed by atoms with van der Waals surface area (Å²) in [6.45, 7) is 6.26. The summed E-state index contributed by atoms with van der Waals surface area (Å²) in [6, 6.07) is 15.1. The van der Waals surface area contributed by atoms with Gasteiger partial charge in [0.05, 0.1) is 20.8 Å². The van der Waals surface area contributed by atoms with Crippen molar-refractivity contribution in [1.29, 1.82) is 0 Å². The fourth-order valence-corrected chi connectivity index (χ4v) is 3.78. The molecular weight excluding hydrogens is 404 g/mol. The van der Waals surface area contributed by atoms with Crippen molar-refractivity contribution in [3.05, 3.63) is 82.7 Å². The van der Waals surface area contributed by atoms with Gasteiger partial charge in [-0.25, -0.2) is 4.98 Å². The number of amides is 1. The van der Waals surface area contributed by atoms with Crippen molar-refractivity contribution in [2.75, 3.05) is 19.1 Å². The molecule has 0 aliphatic heterocycles. The highest BCUT2D eigenvalue weighted by Gasteiger charge is 2.26. The minimum atomic E-state index is -0.246. The Morgan fingerprint density at radius 3 is 2.44 bits per heavy atom. The first-order chi connectivity index (χ1) is 15.4. The standard InChI is InChI=1S/C26H26N2O4/c1-16-9-11-20-18(3)25(32-24(20)17(16)2)26(29)28(23-8-6-7-13-27-23)15-19-10-12-21(30-4)22(14-19)31-5/h6-14H,15H2,1-5H3. The molecule has 0 saturated carbocycles. The van der Waals surface area contributed by atoms with Gasteiger partial charge in [-0.1, -0.05) is 24.3 Å². The molecule has 0 spiro atoms.